The van der Waals surface area contributed by atoms with Gasteiger partial charge in [0.05, 0.1) is 17.2 Å². The van der Waals surface area contributed by atoms with Crippen LogP contribution in [0.4, 0.5) is 11.4 Å². The first-order valence-electron chi connectivity index (χ1n) is 8.06. The Bertz CT molecular complexity index is 1250. The van der Waals surface area contributed by atoms with Crippen molar-refractivity contribution in [2.45, 2.75) is 18.7 Å². The summed E-state index contributed by atoms with van der Waals surface area (Å²) in [6, 6.07) is 9.69. The molecule has 3 aromatic rings. The number of rotatable bonds is 5. The summed E-state index contributed by atoms with van der Waals surface area (Å²) in [6.07, 6.45) is 0. The van der Waals surface area contributed by atoms with E-state index in [1.54, 1.807) is 13.8 Å². The average Bonchev–Trinajstić information content (AvgIpc) is 3.03. The van der Waals surface area contributed by atoms with Crippen molar-refractivity contribution in [3.63, 3.8) is 0 Å². The molecular formula is C17H15N7O3S. The van der Waals surface area contributed by atoms with Crippen molar-refractivity contribution in [2.24, 2.45) is 5.14 Å². The topological polar surface area (TPSA) is 159 Å². The molecule has 0 unspecified atom stereocenters. The molecule has 3 N–H and O–H groups in total. The van der Waals surface area contributed by atoms with Crippen LogP contribution in [0.1, 0.15) is 23.9 Å². The molecule has 0 fully saturated rings. The largest absolute Gasteiger partial charge is 0.478 e. The van der Waals surface area contributed by atoms with Crippen molar-refractivity contribution in [1.29, 1.82) is 10.5 Å². The van der Waals surface area contributed by atoms with Crippen molar-refractivity contribution >= 4 is 27.0 Å². The van der Waals surface area contributed by atoms with Gasteiger partial charge in [-0.25, -0.2) is 18.0 Å². The Balaban J connectivity index is 2.23. The Kier molecular flexibility index (Phi) is 4.88. The van der Waals surface area contributed by atoms with Crippen molar-refractivity contribution in [3.8, 4) is 18.0 Å². The quantitative estimate of drug-likeness (QED) is 0.656. The van der Waals surface area contributed by atoms with Crippen LogP contribution in [0.15, 0.2) is 29.2 Å². The third kappa shape index (κ3) is 3.20. The molecule has 2 aromatic heterocycles. The average molecular weight is 397 g/mol. The Labute approximate surface area is 160 Å². The fraction of sp³-hybridized carbons (Fsp3) is 0.176. The van der Waals surface area contributed by atoms with E-state index in [0.717, 1.165) is 0 Å². The summed E-state index contributed by atoms with van der Waals surface area (Å²) in [5.74, 6) is 0.681. The SMILES string of the molecule is CCOc1c(C#N)c(Nc2ccc(S(N)(=O)=O)cc2)c(C#N)c2nnc(C)n12. The number of nitrogens with two attached hydrogens (primary N) is 1. The van der Waals surface area contributed by atoms with Crippen LogP contribution >= 0.6 is 0 Å². The second kappa shape index (κ2) is 7.15. The second-order valence-electron chi connectivity index (χ2n) is 5.69. The summed E-state index contributed by atoms with van der Waals surface area (Å²) in [5, 5.41) is 35.5. The van der Waals surface area contributed by atoms with Crippen molar-refractivity contribution in [1.82, 2.24) is 14.6 Å². The summed E-state index contributed by atoms with van der Waals surface area (Å²) in [5.41, 5.74) is 1.09. The summed E-state index contributed by atoms with van der Waals surface area (Å²) < 4.78 is 30.0. The number of aryl methyl sites for hydroxylation is 1. The molecule has 0 aliphatic heterocycles. The van der Waals surface area contributed by atoms with E-state index in [-0.39, 0.29) is 39.8 Å². The highest BCUT2D eigenvalue weighted by atomic mass is 32.2. The van der Waals surface area contributed by atoms with Crippen molar-refractivity contribution in [2.75, 3.05) is 11.9 Å². The number of nitriles is 2. The number of hydrogen-bond acceptors (Lipinski definition) is 8. The van der Waals surface area contributed by atoms with Crippen LogP contribution in [0.2, 0.25) is 0 Å². The van der Waals surface area contributed by atoms with Crippen LogP contribution in [0.5, 0.6) is 5.88 Å². The van der Waals surface area contributed by atoms with E-state index in [1.807, 2.05) is 6.07 Å². The number of nitrogens with one attached hydrogen (secondary N) is 1. The molecule has 0 amide bonds. The van der Waals surface area contributed by atoms with Crippen LogP contribution in [0.3, 0.4) is 0 Å². The molecule has 28 heavy (non-hydrogen) atoms. The van der Waals surface area contributed by atoms with Gasteiger partial charge >= 0.3 is 0 Å². The Morgan fingerprint density at radius 2 is 1.82 bits per heavy atom. The lowest BCUT2D eigenvalue weighted by molar-refractivity contribution is 0.321. The number of fused-ring (bicyclic) bond motifs is 1. The molecule has 10 nitrogen and oxygen atoms in total. The van der Waals surface area contributed by atoms with Gasteiger partial charge in [-0.3, -0.25) is 0 Å². The highest BCUT2D eigenvalue weighted by Gasteiger charge is 2.24. The molecule has 0 spiro atoms. The first kappa shape index (κ1) is 19.1. The van der Waals surface area contributed by atoms with E-state index in [1.165, 1.54) is 28.7 Å². The van der Waals surface area contributed by atoms with Gasteiger partial charge < -0.3 is 10.1 Å². The molecule has 0 saturated carbocycles. The van der Waals surface area contributed by atoms with Crippen LogP contribution in [0, 0.1) is 29.6 Å². The molecule has 142 valence electrons. The van der Waals surface area contributed by atoms with E-state index >= 15 is 0 Å². The van der Waals surface area contributed by atoms with Gasteiger partial charge in [0.2, 0.25) is 15.9 Å². The first-order chi connectivity index (χ1) is 13.3. The van der Waals surface area contributed by atoms with E-state index in [4.69, 9.17) is 9.88 Å². The molecule has 0 atom stereocenters. The van der Waals surface area contributed by atoms with Gasteiger partial charge in [0, 0.05) is 5.69 Å². The third-order valence-electron chi connectivity index (χ3n) is 3.92. The maximum atomic E-state index is 11.4. The minimum absolute atomic E-state index is 0.0578. The molecular weight excluding hydrogens is 382 g/mol. The zero-order valence-electron chi connectivity index (χ0n) is 15.0. The van der Waals surface area contributed by atoms with E-state index < -0.39 is 10.0 Å². The second-order valence-corrected chi connectivity index (χ2v) is 7.25. The minimum atomic E-state index is -3.83. The number of primary sulfonamides is 1. The highest BCUT2D eigenvalue weighted by Crippen LogP contribution is 2.35. The number of nitrogens with zero attached hydrogens (tertiary/aromatic N) is 5. The predicted molar refractivity (Wildman–Crippen MR) is 99.4 cm³/mol. The smallest absolute Gasteiger partial charge is 0.238 e. The molecule has 0 saturated heterocycles. The van der Waals surface area contributed by atoms with Crippen LogP contribution in [-0.2, 0) is 10.0 Å². The molecule has 0 aliphatic carbocycles. The maximum Gasteiger partial charge on any atom is 0.238 e. The standard InChI is InChI=1S/C17H15N7O3S/c1-3-27-17-14(9-19)15(13(8-18)16-23-22-10(2)24(16)17)21-11-4-6-12(7-5-11)28(20,25)26/h4-7,21H,3H2,1-2H3,(H2,20,25,26). The molecule has 0 radical (unpaired) electrons. The van der Waals surface area contributed by atoms with Gasteiger partial charge in [-0.05, 0) is 38.1 Å². The summed E-state index contributed by atoms with van der Waals surface area (Å²) in [4.78, 5) is -0.0578. The molecule has 3 rings (SSSR count). The Morgan fingerprint density at radius 3 is 2.36 bits per heavy atom. The number of sulfonamides is 1. The van der Waals surface area contributed by atoms with Gasteiger partial charge in [0.25, 0.3) is 0 Å². The van der Waals surface area contributed by atoms with Crippen LogP contribution in [-0.4, -0.2) is 29.6 Å². The lowest BCUT2D eigenvalue weighted by Crippen LogP contribution is -2.12. The monoisotopic (exact) mass is 397 g/mol. The fourth-order valence-corrected chi connectivity index (χ4v) is 3.22. The number of pyridine rings is 1. The summed E-state index contributed by atoms with van der Waals surface area (Å²) >= 11 is 0. The zero-order valence-corrected chi connectivity index (χ0v) is 15.8. The van der Waals surface area contributed by atoms with Crippen LogP contribution in [0.25, 0.3) is 5.65 Å². The van der Waals surface area contributed by atoms with Gasteiger partial charge in [0.1, 0.15) is 29.1 Å². The van der Waals surface area contributed by atoms with E-state index in [0.29, 0.717) is 11.5 Å². The van der Waals surface area contributed by atoms with Gasteiger partial charge in [-0.15, -0.1) is 10.2 Å². The molecule has 1 aromatic carbocycles. The predicted octanol–water partition coefficient (Wildman–Crippen LogP) is 1.57. The van der Waals surface area contributed by atoms with E-state index in [9.17, 15) is 18.9 Å². The lowest BCUT2D eigenvalue weighted by Gasteiger charge is -2.16. The number of ether oxygens (including phenoxy) is 1. The fourth-order valence-electron chi connectivity index (χ4n) is 2.70. The van der Waals surface area contributed by atoms with Gasteiger partial charge in [-0.1, -0.05) is 0 Å². The van der Waals surface area contributed by atoms with Crippen molar-refractivity contribution < 1.29 is 13.2 Å². The number of benzene rings is 1. The normalized spacial score (nSPS) is 11.0. The lowest BCUT2D eigenvalue weighted by atomic mass is 10.1. The third-order valence-corrected chi connectivity index (χ3v) is 4.85. The summed E-state index contributed by atoms with van der Waals surface area (Å²) in [7, 11) is -3.83. The van der Waals surface area contributed by atoms with Crippen molar-refractivity contribution in [3.05, 3.63) is 41.2 Å². The molecule has 11 heteroatoms. The molecule has 0 aliphatic rings. The van der Waals surface area contributed by atoms with Crippen LogP contribution < -0.4 is 15.2 Å². The van der Waals surface area contributed by atoms with Gasteiger partial charge in [-0.2, -0.15) is 10.5 Å². The summed E-state index contributed by atoms with van der Waals surface area (Å²) in [6.45, 7) is 3.74. The Hall–Kier alpha value is -3.67. The van der Waals surface area contributed by atoms with Gasteiger partial charge in [0.15, 0.2) is 5.65 Å². The highest BCUT2D eigenvalue weighted by molar-refractivity contribution is 7.89. The number of hydrogen-bond donors (Lipinski definition) is 2. The first-order valence-corrected chi connectivity index (χ1v) is 9.61. The molecule has 2 heterocycles. The number of anilines is 2. The molecule has 0 bridgehead atoms. The maximum absolute atomic E-state index is 11.4. The zero-order chi connectivity index (χ0) is 20.5. The number of aromatic nitrogens is 3. The van der Waals surface area contributed by atoms with E-state index in [2.05, 4.69) is 21.6 Å². The minimum Gasteiger partial charge on any atom is -0.478 e. The Morgan fingerprint density at radius 1 is 1.18 bits per heavy atom.